The number of nitrogens with two attached hydrogens (primary N) is 1. The van der Waals surface area contributed by atoms with Gasteiger partial charge in [-0.05, 0) is 55.5 Å². The number of aromatic amines is 1. The number of hydrogen-bond donors (Lipinski definition) is 6. The van der Waals surface area contributed by atoms with E-state index in [0.717, 1.165) is 22.0 Å². The van der Waals surface area contributed by atoms with E-state index in [1.165, 1.54) is 24.0 Å². The summed E-state index contributed by atoms with van der Waals surface area (Å²) in [4.78, 5) is 55.6. The van der Waals surface area contributed by atoms with Gasteiger partial charge in [-0.3, -0.25) is 19.2 Å². The van der Waals surface area contributed by atoms with Crippen molar-refractivity contribution in [3.8, 4) is 5.75 Å². The molecule has 0 saturated carbocycles. The van der Waals surface area contributed by atoms with Gasteiger partial charge in [0.1, 0.15) is 23.9 Å². The van der Waals surface area contributed by atoms with E-state index < -0.39 is 42.0 Å². The van der Waals surface area contributed by atoms with Gasteiger partial charge in [-0.1, -0.05) is 30.3 Å². The van der Waals surface area contributed by atoms with Gasteiger partial charge in [0.05, 0.1) is 6.04 Å². The van der Waals surface area contributed by atoms with Crippen LogP contribution < -0.4 is 16.4 Å². The van der Waals surface area contributed by atoms with Crippen molar-refractivity contribution in [2.75, 3.05) is 6.54 Å². The number of carboxylic acids is 1. The highest BCUT2D eigenvalue weighted by molar-refractivity contribution is 5.95. The number of aromatic hydroxyl groups is 1. The van der Waals surface area contributed by atoms with E-state index in [-0.39, 0.29) is 24.5 Å². The van der Waals surface area contributed by atoms with E-state index in [2.05, 4.69) is 15.6 Å². The van der Waals surface area contributed by atoms with Gasteiger partial charge in [0.25, 0.3) is 0 Å². The lowest BCUT2D eigenvalue weighted by atomic mass is 10.0. The SMILES string of the molecule is CC(NC(=O)C(Cc1c[nH]c2ccccc12)NC(=O)C1CCCN1C(=O)C(N)Cc1ccc(O)cc1)C(=O)O. The van der Waals surface area contributed by atoms with Crippen LogP contribution in [0.5, 0.6) is 5.75 Å². The first-order chi connectivity index (χ1) is 18.6. The maximum absolute atomic E-state index is 13.4. The van der Waals surface area contributed by atoms with Crippen molar-refractivity contribution >= 4 is 34.6 Å². The molecular weight excluding hydrogens is 502 g/mol. The molecule has 39 heavy (non-hydrogen) atoms. The van der Waals surface area contributed by atoms with Crippen molar-refractivity contribution in [1.29, 1.82) is 0 Å². The number of carbonyl (C=O) groups excluding carboxylic acids is 3. The molecule has 4 unspecified atom stereocenters. The van der Waals surface area contributed by atoms with Crippen molar-refractivity contribution < 1.29 is 29.4 Å². The Morgan fingerprint density at radius 2 is 1.79 bits per heavy atom. The van der Waals surface area contributed by atoms with Crippen LogP contribution in [0.15, 0.2) is 54.7 Å². The number of nitrogens with zero attached hydrogens (tertiary/aromatic N) is 1. The van der Waals surface area contributed by atoms with Gasteiger partial charge in [0.2, 0.25) is 17.7 Å². The van der Waals surface area contributed by atoms with Gasteiger partial charge in [0.15, 0.2) is 0 Å². The molecule has 0 radical (unpaired) electrons. The number of phenolic OH excluding ortho intramolecular Hbond substituents is 1. The number of likely N-dealkylation sites (tertiary alicyclic amines) is 1. The number of fused-ring (bicyclic) bond motifs is 1. The molecule has 4 atom stereocenters. The molecule has 1 fully saturated rings. The number of phenols is 1. The standard InChI is InChI=1S/C28H33N5O6/c1-16(28(38)39)31-25(35)23(14-18-15-30-22-6-3-2-5-20(18)22)32-26(36)24-7-4-12-33(24)27(37)21(29)13-17-8-10-19(34)11-9-17/h2-3,5-6,8-11,15-16,21,23-24,30,34H,4,7,12-14,29H2,1H3,(H,31,35)(H,32,36)(H,38,39). The molecule has 1 saturated heterocycles. The highest BCUT2D eigenvalue weighted by Gasteiger charge is 2.38. The fourth-order valence-electron chi connectivity index (χ4n) is 4.86. The Kier molecular flexibility index (Phi) is 8.50. The summed E-state index contributed by atoms with van der Waals surface area (Å²) in [6, 6.07) is 10.0. The number of benzene rings is 2. The lowest BCUT2D eigenvalue weighted by Gasteiger charge is -2.28. The van der Waals surface area contributed by atoms with Crippen molar-refractivity contribution in [1.82, 2.24) is 20.5 Å². The molecule has 2 aromatic carbocycles. The average Bonchev–Trinajstić information content (AvgIpc) is 3.57. The number of carboxylic acid groups (broad SMARTS) is 1. The Bertz CT molecular complexity index is 1350. The molecule has 7 N–H and O–H groups in total. The monoisotopic (exact) mass is 535 g/mol. The molecule has 11 nitrogen and oxygen atoms in total. The summed E-state index contributed by atoms with van der Waals surface area (Å²) >= 11 is 0. The Hall–Kier alpha value is -4.38. The fourth-order valence-corrected chi connectivity index (χ4v) is 4.86. The number of nitrogens with one attached hydrogen (secondary N) is 3. The number of amides is 3. The van der Waals surface area contributed by atoms with Crippen LogP contribution in [-0.2, 0) is 32.0 Å². The third-order valence-corrected chi connectivity index (χ3v) is 7.01. The van der Waals surface area contributed by atoms with E-state index in [1.54, 1.807) is 18.3 Å². The first-order valence-electron chi connectivity index (χ1n) is 12.9. The number of rotatable bonds is 10. The molecule has 0 spiro atoms. The Morgan fingerprint density at radius 3 is 2.51 bits per heavy atom. The third kappa shape index (κ3) is 6.55. The van der Waals surface area contributed by atoms with Gasteiger partial charge >= 0.3 is 5.97 Å². The van der Waals surface area contributed by atoms with Crippen LogP contribution >= 0.6 is 0 Å². The smallest absolute Gasteiger partial charge is 0.325 e. The van der Waals surface area contributed by atoms with Crippen LogP contribution in [0.2, 0.25) is 0 Å². The summed E-state index contributed by atoms with van der Waals surface area (Å²) in [6.45, 7) is 1.70. The normalized spacial score (nSPS) is 17.4. The summed E-state index contributed by atoms with van der Waals surface area (Å²) in [5.41, 5.74) is 8.62. The lowest BCUT2D eigenvalue weighted by molar-refractivity contribution is -0.142. The molecule has 1 aliphatic rings. The minimum Gasteiger partial charge on any atom is -0.508 e. The zero-order valence-corrected chi connectivity index (χ0v) is 21.6. The van der Waals surface area contributed by atoms with Gasteiger partial charge < -0.3 is 36.5 Å². The van der Waals surface area contributed by atoms with Gasteiger partial charge in [-0.15, -0.1) is 0 Å². The second-order valence-electron chi connectivity index (χ2n) is 9.86. The Balaban J connectivity index is 1.49. The molecule has 1 aliphatic heterocycles. The van der Waals surface area contributed by atoms with Crippen LogP contribution in [0.1, 0.15) is 30.9 Å². The molecule has 4 rings (SSSR count). The highest BCUT2D eigenvalue weighted by atomic mass is 16.4. The van der Waals surface area contributed by atoms with Crippen LogP contribution in [0.3, 0.4) is 0 Å². The zero-order chi connectivity index (χ0) is 28.1. The number of para-hydroxylation sites is 1. The topological polar surface area (TPSA) is 178 Å². The molecule has 206 valence electrons. The summed E-state index contributed by atoms with van der Waals surface area (Å²) in [6.07, 6.45) is 3.13. The molecule has 3 aromatic rings. The molecule has 3 amide bonds. The van der Waals surface area contributed by atoms with Crippen molar-refractivity contribution in [2.45, 2.75) is 56.8 Å². The maximum Gasteiger partial charge on any atom is 0.325 e. The number of carbonyl (C=O) groups is 4. The fraction of sp³-hybridized carbons (Fsp3) is 0.357. The minimum absolute atomic E-state index is 0.110. The molecule has 0 bridgehead atoms. The maximum atomic E-state index is 13.4. The number of hydrogen-bond acceptors (Lipinski definition) is 6. The molecule has 11 heteroatoms. The molecule has 0 aliphatic carbocycles. The Labute approximate surface area is 225 Å². The largest absolute Gasteiger partial charge is 0.508 e. The molecule has 1 aromatic heterocycles. The predicted octanol–water partition coefficient (Wildman–Crippen LogP) is 1.05. The van der Waals surface area contributed by atoms with E-state index >= 15 is 0 Å². The number of aliphatic carboxylic acids is 1. The first kappa shape index (κ1) is 27.6. The lowest BCUT2D eigenvalue weighted by Crippen LogP contribution is -2.57. The average molecular weight is 536 g/mol. The number of aromatic nitrogens is 1. The van der Waals surface area contributed by atoms with Crippen LogP contribution in [-0.4, -0.2) is 74.5 Å². The quantitative estimate of drug-likeness (QED) is 0.225. The van der Waals surface area contributed by atoms with Gasteiger partial charge in [-0.25, -0.2) is 0 Å². The Morgan fingerprint density at radius 1 is 1.08 bits per heavy atom. The van der Waals surface area contributed by atoms with E-state index in [9.17, 15) is 29.4 Å². The summed E-state index contributed by atoms with van der Waals surface area (Å²) in [5, 5.41) is 24.8. The second kappa shape index (κ2) is 12.0. The first-order valence-corrected chi connectivity index (χ1v) is 12.9. The van der Waals surface area contributed by atoms with Crippen LogP contribution in [0.4, 0.5) is 0 Å². The third-order valence-electron chi connectivity index (χ3n) is 7.01. The van der Waals surface area contributed by atoms with Crippen molar-refractivity contribution in [3.05, 3.63) is 65.9 Å². The zero-order valence-electron chi connectivity index (χ0n) is 21.6. The summed E-state index contributed by atoms with van der Waals surface area (Å²) in [7, 11) is 0. The predicted molar refractivity (Wildman–Crippen MR) is 144 cm³/mol. The van der Waals surface area contributed by atoms with Crippen molar-refractivity contribution in [3.63, 3.8) is 0 Å². The number of H-pyrrole nitrogens is 1. The van der Waals surface area contributed by atoms with E-state index in [1.807, 2.05) is 24.3 Å². The second-order valence-corrected chi connectivity index (χ2v) is 9.86. The van der Waals surface area contributed by atoms with Crippen molar-refractivity contribution in [2.24, 2.45) is 5.73 Å². The van der Waals surface area contributed by atoms with Crippen LogP contribution in [0, 0.1) is 0 Å². The molecular formula is C28H33N5O6. The summed E-state index contributed by atoms with van der Waals surface area (Å²) < 4.78 is 0. The van der Waals surface area contributed by atoms with Gasteiger partial charge in [-0.2, -0.15) is 0 Å². The van der Waals surface area contributed by atoms with E-state index in [4.69, 9.17) is 5.73 Å². The van der Waals surface area contributed by atoms with Crippen LogP contribution in [0.25, 0.3) is 10.9 Å². The van der Waals surface area contributed by atoms with E-state index in [0.29, 0.717) is 19.4 Å². The van der Waals surface area contributed by atoms with Gasteiger partial charge in [0, 0.05) is 30.1 Å². The highest BCUT2D eigenvalue weighted by Crippen LogP contribution is 2.22. The summed E-state index contributed by atoms with van der Waals surface area (Å²) in [5.74, 6) is -2.60. The molecule has 2 heterocycles. The minimum atomic E-state index is -1.20.